The Hall–Kier alpha value is -2.51. The van der Waals surface area contributed by atoms with Crippen molar-refractivity contribution >= 4 is 23.3 Å². The summed E-state index contributed by atoms with van der Waals surface area (Å²) in [6.45, 7) is 4.55. The van der Waals surface area contributed by atoms with E-state index in [0.717, 1.165) is 22.5 Å². The number of nitrogens with zero attached hydrogens (tertiary/aromatic N) is 4. The number of hydrogen-bond donors (Lipinski definition) is 2. The summed E-state index contributed by atoms with van der Waals surface area (Å²) in [7, 11) is 0. The first-order valence-electron chi connectivity index (χ1n) is 8.41. The fourth-order valence-electron chi connectivity index (χ4n) is 2.86. The van der Waals surface area contributed by atoms with Crippen molar-refractivity contribution in [2.45, 2.75) is 39.8 Å². The standard InChI is InChI=1S/C18H21ClN6O/c1-11-14(12(2)25-18(22-11)23-16(9-20)24-25)7-8-17(26)21-10-13-5-3-4-6-15(13)19/h3-6H,7-10,20H2,1-2H3,(H,21,26). The lowest BCUT2D eigenvalue weighted by molar-refractivity contribution is -0.121. The maximum Gasteiger partial charge on any atom is 0.252 e. The van der Waals surface area contributed by atoms with E-state index in [9.17, 15) is 4.79 Å². The molecule has 136 valence electrons. The van der Waals surface area contributed by atoms with E-state index in [4.69, 9.17) is 17.3 Å². The number of carbonyl (C=O) groups excluding carboxylic acids is 1. The molecule has 1 amide bonds. The number of fused-ring (bicyclic) bond motifs is 1. The van der Waals surface area contributed by atoms with Crippen LogP contribution in [-0.2, 0) is 24.3 Å². The van der Waals surface area contributed by atoms with Gasteiger partial charge in [0.25, 0.3) is 5.78 Å². The summed E-state index contributed by atoms with van der Waals surface area (Å²) < 4.78 is 1.69. The summed E-state index contributed by atoms with van der Waals surface area (Å²) in [6, 6.07) is 7.47. The fraction of sp³-hybridized carbons (Fsp3) is 0.333. The van der Waals surface area contributed by atoms with Crippen LogP contribution in [0.3, 0.4) is 0 Å². The van der Waals surface area contributed by atoms with E-state index >= 15 is 0 Å². The predicted molar refractivity (Wildman–Crippen MR) is 99.8 cm³/mol. The Kier molecular flexibility index (Phi) is 5.49. The molecular weight excluding hydrogens is 352 g/mol. The molecule has 3 aromatic rings. The highest BCUT2D eigenvalue weighted by Crippen LogP contribution is 2.16. The Balaban J connectivity index is 1.67. The molecule has 0 aliphatic carbocycles. The van der Waals surface area contributed by atoms with Crippen LogP contribution >= 0.6 is 11.6 Å². The number of aryl methyl sites for hydroxylation is 2. The van der Waals surface area contributed by atoms with Gasteiger partial charge in [-0.1, -0.05) is 29.8 Å². The number of benzene rings is 1. The van der Waals surface area contributed by atoms with Crippen molar-refractivity contribution in [3.63, 3.8) is 0 Å². The number of amides is 1. The van der Waals surface area contributed by atoms with E-state index in [-0.39, 0.29) is 12.5 Å². The number of aromatic nitrogens is 4. The first-order chi connectivity index (χ1) is 12.5. The van der Waals surface area contributed by atoms with Crippen LogP contribution in [0.1, 0.15) is 34.8 Å². The van der Waals surface area contributed by atoms with Crippen molar-refractivity contribution in [1.82, 2.24) is 24.9 Å². The van der Waals surface area contributed by atoms with Crippen LogP contribution in [0, 0.1) is 13.8 Å². The zero-order chi connectivity index (χ0) is 18.7. The van der Waals surface area contributed by atoms with Gasteiger partial charge in [-0.2, -0.15) is 4.98 Å². The lowest BCUT2D eigenvalue weighted by Gasteiger charge is -2.11. The molecule has 0 aliphatic rings. The Bertz CT molecular complexity index is 952. The van der Waals surface area contributed by atoms with Gasteiger partial charge in [-0.25, -0.2) is 9.50 Å². The maximum absolute atomic E-state index is 12.2. The van der Waals surface area contributed by atoms with Crippen LogP contribution in [-0.4, -0.2) is 25.5 Å². The largest absolute Gasteiger partial charge is 0.352 e. The zero-order valence-corrected chi connectivity index (χ0v) is 15.5. The van der Waals surface area contributed by atoms with E-state index in [2.05, 4.69) is 20.4 Å². The molecule has 0 saturated carbocycles. The summed E-state index contributed by atoms with van der Waals surface area (Å²) in [6.07, 6.45) is 0.935. The molecule has 3 N–H and O–H groups in total. The Morgan fingerprint density at radius 1 is 1.27 bits per heavy atom. The zero-order valence-electron chi connectivity index (χ0n) is 14.8. The van der Waals surface area contributed by atoms with Crippen molar-refractivity contribution in [3.05, 3.63) is 57.6 Å². The molecule has 0 atom stereocenters. The molecule has 7 nitrogen and oxygen atoms in total. The Morgan fingerprint density at radius 3 is 2.77 bits per heavy atom. The molecule has 2 aromatic heterocycles. The van der Waals surface area contributed by atoms with Crippen LogP contribution in [0.4, 0.5) is 0 Å². The summed E-state index contributed by atoms with van der Waals surface area (Å²) in [5.41, 5.74) is 9.28. The molecule has 2 heterocycles. The fourth-order valence-corrected chi connectivity index (χ4v) is 3.06. The summed E-state index contributed by atoms with van der Waals surface area (Å²) in [5, 5.41) is 7.90. The molecule has 0 unspecified atom stereocenters. The second-order valence-electron chi connectivity index (χ2n) is 6.07. The average Bonchev–Trinajstić information content (AvgIpc) is 3.04. The van der Waals surface area contributed by atoms with Crippen LogP contribution in [0.2, 0.25) is 5.02 Å². The molecule has 0 bridgehead atoms. The second-order valence-corrected chi connectivity index (χ2v) is 6.48. The molecule has 1 aromatic carbocycles. The highest BCUT2D eigenvalue weighted by molar-refractivity contribution is 6.31. The number of nitrogens with one attached hydrogen (secondary N) is 1. The molecule has 0 saturated heterocycles. The summed E-state index contributed by atoms with van der Waals surface area (Å²) >= 11 is 6.11. The first-order valence-corrected chi connectivity index (χ1v) is 8.79. The average molecular weight is 373 g/mol. The van der Waals surface area contributed by atoms with Crippen molar-refractivity contribution < 1.29 is 4.79 Å². The lowest BCUT2D eigenvalue weighted by Crippen LogP contribution is -2.23. The number of carbonyl (C=O) groups is 1. The van der Waals surface area contributed by atoms with Gasteiger partial charge in [0.15, 0.2) is 5.82 Å². The molecular formula is C18H21ClN6O. The maximum atomic E-state index is 12.2. The minimum Gasteiger partial charge on any atom is -0.352 e. The first kappa shape index (κ1) is 18.3. The highest BCUT2D eigenvalue weighted by Gasteiger charge is 2.14. The van der Waals surface area contributed by atoms with Crippen LogP contribution in [0.15, 0.2) is 24.3 Å². The Morgan fingerprint density at radius 2 is 2.04 bits per heavy atom. The van der Waals surface area contributed by atoms with Gasteiger partial charge in [-0.05, 0) is 37.5 Å². The van der Waals surface area contributed by atoms with E-state index in [0.29, 0.717) is 36.0 Å². The van der Waals surface area contributed by atoms with Crippen LogP contribution < -0.4 is 11.1 Å². The van der Waals surface area contributed by atoms with Crippen molar-refractivity contribution in [3.8, 4) is 0 Å². The lowest BCUT2D eigenvalue weighted by atomic mass is 10.1. The van der Waals surface area contributed by atoms with Crippen LogP contribution in [0.25, 0.3) is 5.78 Å². The van der Waals surface area contributed by atoms with E-state index < -0.39 is 0 Å². The third kappa shape index (κ3) is 3.84. The van der Waals surface area contributed by atoms with Gasteiger partial charge in [0.05, 0.1) is 6.54 Å². The molecule has 3 rings (SSSR count). The van der Waals surface area contributed by atoms with Gasteiger partial charge < -0.3 is 11.1 Å². The van der Waals surface area contributed by atoms with E-state index in [1.165, 1.54) is 0 Å². The number of nitrogens with two attached hydrogens (primary N) is 1. The van der Waals surface area contributed by atoms with Gasteiger partial charge in [-0.15, -0.1) is 5.10 Å². The molecule has 0 radical (unpaired) electrons. The van der Waals surface area contributed by atoms with Crippen molar-refractivity contribution in [2.24, 2.45) is 5.73 Å². The van der Waals surface area contributed by atoms with E-state index in [1.807, 2.05) is 38.1 Å². The third-order valence-electron chi connectivity index (χ3n) is 4.31. The van der Waals surface area contributed by atoms with E-state index in [1.54, 1.807) is 4.52 Å². The summed E-state index contributed by atoms with van der Waals surface area (Å²) in [4.78, 5) is 21.0. The quantitative estimate of drug-likeness (QED) is 0.690. The molecule has 0 aliphatic heterocycles. The van der Waals surface area contributed by atoms with Crippen molar-refractivity contribution in [1.29, 1.82) is 0 Å². The second kappa shape index (κ2) is 7.80. The van der Waals surface area contributed by atoms with Gasteiger partial charge >= 0.3 is 0 Å². The SMILES string of the molecule is Cc1nc2nc(CN)nn2c(C)c1CCC(=O)NCc1ccccc1Cl. The number of rotatable bonds is 6. The van der Waals surface area contributed by atoms with Crippen LogP contribution in [0.5, 0.6) is 0 Å². The van der Waals surface area contributed by atoms with Gasteiger partial charge in [0.2, 0.25) is 5.91 Å². The van der Waals surface area contributed by atoms with Gasteiger partial charge in [0.1, 0.15) is 0 Å². The molecule has 0 spiro atoms. The third-order valence-corrected chi connectivity index (χ3v) is 4.68. The minimum atomic E-state index is -0.0370. The summed E-state index contributed by atoms with van der Waals surface area (Å²) in [5.74, 6) is 1.05. The number of halogens is 1. The number of hydrogen-bond acceptors (Lipinski definition) is 5. The molecule has 26 heavy (non-hydrogen) atoms. The molecule has 8 heteroatoms. The normalized spacial score (nSPS) is 11.1. The smallest absolute Gasteiger partial charge is 0.252 e. The van der Waals surface area contributed by atoms with Gasteiger partial charge in [0, 0.05) is 29.4 Å². The topological polar surface area (TPSA) is 98.2 Å². The van der Waals surface area contributed by atoms with Gasteiger partial charge in [-0.3, -0.25) is 4.79 Å². The Labute approximate surface area is 156 Å². The monoisotopic (exact) mass is 372 g/mol. The van der Waals surface area contributed by atoms with Crippen molar-refractivity contribution in [2.75, 3.05) is 0 Å². The predicted octanol–water partition coefficient (Wildman–Crippen LogP) is 2.10. The molecule has 0 fully saturated rings. The minimum absolute atomic E-state index is 0.0370. The highest BCUT2D eigenvalue weighted by atomic mass is 35.5.